The Labute approximate surface area is 138 Å². The van der Waals surface area contributed by atoms with Gasteiger partial charge in [0.2, 0.25) is 0 Å². The molecule has 1 fully saturated rings. The maximum atomic E-state index is 12.1. The maximum absolute atomic E-state index is 12.1. The molecule has 0 unspecified atom stereocenters. The highest BCUT2D eigenvalue weighted by atomic mass is 16.5. The van der Waals surface area contributed by atoms with E-state index in [4.69, 9.17) is 4.74 Å². The molecule has 9 nitrogen and oxygen atoms in total. The molecule has 2 aromatic heterocycles. The summed E-state index contributed by atoms with van der Waals surface area (Å²) in [4.78, 5) is 25.6. The van der Waals surface area contributed by atoms with Gasteiger partial charge in [-0.1, -0.05) is 0 Å². The molecular weight excluding hydrogens is 312 g/mol. The number of morpholine rings is 1. The van der Waals surface area contributed by atoms with Crippen LogP contribution in [-0.4, -0.2) is 58.7 Å². The lowest BCUT2D eigenvalue weighted by atomic mass is 10.3. The highest BCUT2D eigenvalue weighted by Gasteiger charge is 2.14. The van der Waals surface area contributed by atoms with E-state index in [9.17, 15) is 9.59 Å². The number of nitrogens with one attached hydrogen (secondary N) is 1. The number of anilines is 1. The number of rotatable bonds is 5. The van der Waals surface area contributed by atoms with Crippen molar-refractivity contribution in [1.29, 1.82) is 0 Å². The van der Waals surface area contributed by atoms with Gasteiger partial charge in [0.1, 0.15) is 0 Å². The first-order chi connectivity index (χ1) is 11.7. The van der Waals surface area contributed by atoms with Crippen LogP contribution in [-0.2, 0) is 11.3 Å². The highest BCUT2D eigenvalue weighted by Crippen LogP contribution is 2.11. The summed E-state index contributed by atoms with van der Waals surface area (Å²) in [5, 5.41) is 14.7. The Hall–Kier alpha value is -2.81. The average Bonchev–Trinajstić information content (AvgIpc) is 2.64. The highest BCUT2D eigenvalue weighted by molar-refractivity contribution is 5.92. The number of hydrogen-bond acceptors (Lipinski definition) is 7. The normalized spacial score (nSPS) is 14.4. The van der Waals surface area contributed by atoms with Crippen LogP contribution in [0.25, 0.3) is 0 Å². The summed E-state index contributed by atoms with van der Waals surface area (Å²) < 4.78 is 6.57. The monoisotopic (exact) mass is 330 g/mol. The van der Waals surface area contributed by atoms with E-state index in [-0.39, 0.29) is 23.7 Å². The molecule has 0 aromatic carbocycles. The molecule has 0 bridgehead atoms. The molecule has 0 aliphatic carbocycles. The topological polar surface area (TPSA) is 102 Å². The van der Waals surface area contributed by atoms with Gasteiger partial charge >= 0.3 is 0 Å². The zero-order valence-corrected chi connectivity index (χ0v) is 13.1. The van der Waals surface area contributed by atoms with Gasteiger partial charge in [-0.15, -0.1) is 10.2 Å². The molecule has 3 heterocycles. The van der Waals surface area contributed by atoms with Gasteiger partial charge in [-0.25, -0.2) is 4.68 Å². The molecule has 0 atom stereocenters. The molecule has 126 valence electrons. The van der Waals surface area contributed by atoms with Crippen LogP contribution < -0.4 is 15.8 Å². The summed E-state index contributed by atoms with van der Waals surface area (Å²) in [7, 11) is 0. The first-order valence-electron chi connectivity index (χ1n) is 7.71. The molecule has 9 heteroatoms. The van der Waals surface area contributed by atoms with E-state index in [2.05, 4.69) is 25.5 Å². The van der Waals surface area contributed by atoms with Gasteiger partial charge < -0.3 is 15.0 Å². The fourth-order valence-corrected chi connectivity index (χ4v) is 2.33. The minimum atomic E-state index is -0.333. The second-order valence-corrected chi connectivity index (χ2v) is 5.22. The van der Waals surface area contributed by atoms with E-state index in [0.29, 0.717) is 19.8 Å². The van der Waals surface area contributed by atoms with Crippen molar-refractivity contribution in [2.75, 3.05) is 37.7 Å². The van der Waals surface area contributed by atoms with Crippen molar-refractivity contribution in [2.24, 2.45) is 0 Å². The molecule has 1 aliphatic heterocycles. The smallest absolute Gasteiger partial charge is 0.271 e. The molecular formula is C15H18N6O3. The Morgan fingerprint density at radius 1 is 1.21 bits per heavy atom. The van der Waals surface area contributed by atoms with Crippen molar-refractivity contribution >= 4 is 11.7 Å². The first kappa shape index (κ1) is 16.1. The third-order valence-corrected chi connectivity index (χ3v) is 3.61. The van der Waals surface area contributed by atoms with Gasteiger partial charge in [0.05, 0.1) is 19.8 Å². The Balaban J connectivity index is 1.53. The van der Waals surface area contributed by atoms with Crippen molar-refractivity contribution in [3.05, 3.63) is 46.5 Å². The lowest BCUT2D eigenvalue weighted by molar-refractivity contribution is 0.0945. The Morgan fingerprint density at radius 2 is 2.04 bits per heavy atom. The van der Waals surface area contributed by atoms with Crippen LogP contribution in [0.3, 0.4) is 0 Å². The first-order valence-corrected chi connectivity index (χ1v) is 7.71. The molecule has 0 radical (unpaired) electrons. The van der Waals surface area contributed by atoms with Crippen LogP contribution in [0.5, 0.6) is 0 Å². The fraction of sp³-hybridized carbons (Fsp3) is 0.400. The van der Waals surface area contributed by atoms with Gasteiger partial charge in [-0.2, -0.15) is 5.10 Å². The number of nitrogens with zero attached hydrogens (tertiary/aromatic N) is 5. The van der Waals surface area contributed by atoms with Gasteiger partial charge in [0.25, 0.3) is 11.5 Å². The third kappa shape index (κ3) is 3.93. The average molecular weight is 330 g/mol. The minimum absolute atomic E-state index is 0.207. The van der Waals surface area contributed by atoms with Crippen LogP contribution >= 0.6 is 0 Å². The SMILES string of the molecule is O=C(NCCn1ncccc1=O)c1ccc(N2CCOCC2)nn1. The van der Waals surface area contributed by atoms with E-state index >= 15 is 0 Å². The lowest BCUT2D eigenvalue weighted by Gasteiger charge is -2.27. The quantitative estimate of drug-likeness (QED) is 0.773. The Bertz CT molecular complexity index is 739. The number of aromatic nitrogens is 4. The Morgan fingerprint density at radius 3 is 2.75 bits per heavy atom. The van der Waals surface area contributed by atoms with Crippen LogP contribution in [0, 0.1) is 0 Å². The van der Waals surface area contributed by atoms with E-state index in [1.54, 1.807) is 18.2 Å². The summed E-state index contributed by atoms with van der Waals surface area (Å²) in [5.41, 5.74) is 0.0294. The second-order valence-electron chi connectivity index (χ2n) is 5.22. The largest absolute Gasteiger partial charge is 0.378 e. The molecule has 1 N–H and O–H groups in total. The lowest BCUT2D eigenvalue weighted by Crippen LogP contribution is -2.37. The number of carbonyl (C=O) groups excluding carboxylic acids is 1. The second kappa shape index (κ2) is 7.64. The van der Waals surface area contributed by atoms with E-state index in [0.717, 1.165) is 18.9 Å². The standard InChI is InChI=1S/C15H18N6O3/c22-14-2-1-5-17-21(14)7-6-16-15(23)12-3-4-13(19-18-12)20-8-10-24-11-9-20/h1-5H,6-11H2,(H,16,23). The number of carbonyl (C=O) groups is 1. The fourth-order valence-electron chi connectivity index (χ4n) is 2.33. The zero-order valence-electron chi connectivity index (χ0n) is 13.1. The van der Waals surface area contributed by atoms with Crippen molar-refractivity contribution in [3.63, 3.8) is 0 Å². The van der Waals surface area contributed by atoms with Crippen LogP contribution in [0.2, 0.25) is 0 Å². The Kier molecular flexibility index (Phi) is 5.12. The zero-order chi connectivity index (χ0) is 16.8. The summed E-state index contributed by atoms with van der Waals surface area (Å²) in [6.07, 6.45) is 1.53. The maximum Gasteiger partial charge on any atom is 0.271 e. The van der Waals surface area contributed by atoms with E-state index in [1.165, 1.54) is 16.9 Å². The van der Waals surface area contributed by atoms with Crippen molar-refractivity contribution in [2.45, 2.75) is 6.54 Å². The molecule has 1 amide bonds. The van der Waals surface area contributed by atoms with Crippen LogP contribution in [0.1, 0.15) is 10.5 Å². The third-order valence-electron chi connectivity index (χ3n) is 3.61. The molecule has 0 spiro atoms. The predicted molar refractivity (Wildman–Crippen MR) is 85.9 cm³/mol. The van der Waals surface area contributed by atoms with Gasteiger partial charge in [-0.05, 0) is 18.2 Å². The molecule has 24 heavy (non-hydrogen) atoms. The summed E-state index contributed by atoms with van der Waals surface area (Å²) in [6, 6.07) is 6.41. The molecule has 1 aliphatic rings. The van der Waals surface area contributed by atoms with Gasteiger partial charge in [-0.3, -0.25) is 9.59 Å². The molecule has 1 saturated heterocycles. The number of hydrogen-bond donors (Lipinski definition) is 1. The van der Waals surface area contributed by atoms with Crippen molar-refractivity contribution < 1.29 is 9.53 Å². The van der Waals surface area contributed by atoms with Crippen LogP contribution in [0.15, 0.2) is 35.3 Å². The van der Waals surface area contributed by atoms with Gasteiger partial charge in [0, 0.05) is 31.9 Å². The molecule has 0 saturated carbocycles. The summed E-state index contributed by atoms with van der Waals surface area (Å²) in [6.45, 7) is 3.43. The summed E-state index contributed by atoms with van der Waals surface area (Å²) >= 11 is 0. The molecule has 2 aromatic rings. The van der Waals surface area contributed by atoms with Crippen molar-refractivity contribution in [1.82, 2.24) is 25.3 Å². The van der Waals surface area contributed by atoms with E-state index < -0.39 is 0 Å². The van der Waals surface area contributed by atoms with Gasteiger partial charge in [0.15, 0.2) is 11.5 Å². The summed E-state index contributed by atoms with van der Waals surface area (Å²) in [5.74, 6) is 0.398. The van der Waals surface area contributed by atoms with E-state index in [1.807, 2.05) is 0 Å². The number of amides is 1. The van der Waals surface area contributed by atoms with Crippen LogP contribution in [0.4, 0.5) is 5.82 Å². The minimum Gasteiger partial charge on any atom is -0.378 e. The molecule has 3 rings (SSSR count). The predicted octanol–water partition coefficient (Wildman–Crippen LogP) is -0.700. The van der Waals surface area contributed by atoms with Crippen molar-refractivity contribution in [3.8, 4) is 0 Å². The number of ether oxygens (including phenoxy) is 1.